The Morgan fingerprint density at radius 3 is 2.51 bits per heavy atom. The standard InChI is InChI=1S/C25H23ClF4N4O3/c1-15(16-5-6-20(21(27)11-16)24(36)33-7-9-37-10-8-33)23(35)31-14-19-13-22(25(28,29)30)32-34(19)18-4-2-3-17(26)12-18/h2-6,11-13,15H,7-10,14H2,1H3,(H,31,35). The summed E-state index contributed by atoms with van der Waals surface area (Å²) in [7, 11) is 0. The highest BCUT2D eigenvalue weighted by molar-refractivity contribution is 6.30. The molecule has 0 saturated carbocycles. The van der Waals surface area contributed by atoms with Gasteiger partial charge in [-0.1, -0.05) is 23.7 Å². The van der Waals surface area contributed by atoms with Gasteiger partial charge in [0.05, 0.1) is 42.6 Å². The number of morpholine rings is 1. The average molecular weight is 539 g/mol. The molecular formula is C25H23ClF4N4O3. The van der Waals surface area contributed by atoms with E-state index in [1.165, 1.54) is 36.1 Å². The van der Waals surface area contributed by atoms with Crippen LogP contribution in [0.5, 0.6) is 0 Å². The molecule has 1 aliphatic rings. The number of carbonyl (C=O) groups excluding carboxylic acids is 2. The van der Waals surface area contributed by atoms with Gasteiger partial charge in [-0.3, -0.25) is 9.59 Å². The lowest BCUT2D eigenvalue weighted by atomic mass is 9.98. The van der Waals surface area contributed by atoms with Crippen molar-refractivity contribution in [3.8, 4) is 5.69 Å². The predicted molar refractivity (Wildman–Crippen MR) is 127 cm³/mol. The molecule has 2 aromatic carbocycles. The molecule has 1 aliphatic heterocycles. The van der Waals surface area contributed by atoms with Crippen molar-refractivity contribution < 1.29 is 31.9 Å². The van der Waals surface area contributed by atoms with Crippen LogP contribution >= 0.6 is 11.6 Å². The fourth-order valence-electron chi connectivity index (χ4n) is 3.91. The van der Waals surface area contributed by atoms with E-state index in [2.05, 4.69) is 10.4 Å². The van der Waals surface area contributed by atoms with E-state index < -0.39 is 35.4 Å². The van der Waals surface area contributed by atoms with E-state index in [0.29, 0.717) is 42.6 Å². The van der Waals surface area contributed by atoms with Gasteiger partial charge in [0.1, 0.15) is 5.82 Å². The second-order valence-electron chi connectivity index (χ2n) is 8.49. The minimum absolute atomic E-state index is 0.0766. The molecule has 2 amide bonds. The molecule has 1 saturated heterocycles. The predicted octanol–water partition coefficient (Wildman–Crippen LogP) is 4.58. The lowest BCUT2D eigenvalue weighted by Gasteiger charge is -2.27. The third kappa shape index (κ3) is 6.11. The van der Waals surface area contributed by atoms with E-state index >= 15 is 0 Å². The molecule has 4 rings (SSSR count). The summed E-state index contributed by atoms with van der Waals surface area (Å²) in [6.07, 6.45) is -4.69. The van der Waals surface area contributed by atoms with Crippen molar-refractivity contribution in [2.24, 2.45) is 0 Å². The number of aromatic nitrogens is 2. The quantitative estimate of drug-likeness (QED) is 0.466. The van der Waals surface area contributed by atoms with Crippen molar-refractivity contribution in [1.29, 1.82) is 0 Å². The Labute approximate surface area is 215 Å². The van der Waals surface area contributed by atoms with Crippen molar-refractivity contribution in [2.45, 2.75) is 25.6 Å². The van der Waals surface area contributed by atoms with Crippen molar-refractivity contribution >= 4 is 23.4 Å². The Hall–Kier alpha value is -3.44. The van der Waals surface area contributed by atoms with E-state index in [-0.39, 0.29) is 17.8 Å². The first-order valence-electron chi connectivity index (χ1n) is 11.4. The molecule has 37 heavy (non-hydrogen) atoms. The number of halogens is 5. The topological polar surface area (TPSA) is 76.5 Å². The lowest BCUT2D eigenvalue weighted by molar-refractivity contribution is -0.141. The first-order valence-corrected chi connectivity index (χ1v) is 11.8. The largest absolute Gasteiger partial charge is 0.435 e. The minimum Gasteiger partial charge on any atom is -0.378 e. The van der Waals surface area contributed by atoms with Crippen LogP contribution in [0.15, 0.2) is 48.5 Å². The SMILES string of the molecule is CC(C(=O)NCc1cc(C(F)(F)F)nn1-c1cccc(Cl)c1)c1ccc(C(=O)N2CCOCC2)c(F)c1. The normalized spacial score (nSPS) is 14.9. The molecule has 2 heterocycles. The summed E-state index contributed by atoms with van der Waals surface area (Å²) in [5.74, 6) is -2.60. The molecule has 3 aromatic rings. The molecule has 7 nitrogen and oxygen atoms in total. The average Bonchev–Trinajstić information content (AvgIpc) is 3.32. The van der Waals surface area contributed by atoms with Crippen molar-refractivity contribution in [3.63, 3.8) is 0 Å². The van der Waals surface area contributed by atoms with E-state index in [1.54, 1.807) is 12.1 Å². The number of alkyl halides is 3. The van der Waals surface area contributed by atoms with E-state index in [1.807, 2.05) is 0 Å². The lowest BCUT2D eigenvalue weighted by Crippen LogP contribution is -2.41. The molecular weight excluding hydrogens is 516 g/mol. The van der Waals surface area contributed by atoms with E-state index in [4.69, 9.17) is 16.3 Å². The van der Waals surface area contributed by atoms with Crippen molar-refractivity contribution in [2.75, 3.05) is 26.3 Å². The van der Waals surface area contributed by atoms with Gasteiger partial charge in [0.2, 0.25) is 5.91 Å². The zero-order valence-corrected chi connectivity index (χ0v) is 20.4. The fourth-order valence-corrected chi connectivity index (χ4v) is 4.09. The number of rotatable bonds is 6. The van der Waals surface area contributed by atoms with Crippen LogP contribution in [0.1, 0.15) is 40.2 Å². The third-order valence-electron chi connectivity index (χ3n) is 5.99. The summed E-state index contributed by atoms with van der Waals surface area (Å²) in [5, 5.41) is 6.53. The number of benzene rings is 2. The molecule has 0 radical (unpaired) electrons. The molecule has 1 unspecified atom stereocenters. The molecule has 12 heteroatoms. The van der Waals surface area contributed by atoms with Gasteiger partial charge in [-0.05, 0) is 48.9 Å². The maximum atomic E-state index is 14.8. The molecule has 1 aromatic heterocycles. The molecule has 1 fully saturated rings. The highest BCUT2D eigenvalue weighted by Crippen LogP contribution is 2.30. The van der Waals surface area contributed by atoms with Crippen molar-refractivity contribution in [3.05, 3.63) is 81.9 Å². The Kier molecular flexibility index (Phi) is 7.84. The molecule has 0 aliphatic carbocycles. The van der Waals surface area contributed by atoms with Gasteiger partial charge in [-0.15, -0.1) is 0 Å². The Morgan fingerprint density at radius 2 is 1.86 bits per heavy atom. The van der Waals surface area contributed by atoms with Crippen LogP contribution in [0.3, 0.4) is 0 Å². The Morgan fingerprint density at radius 1 is 1.14 bits per heavy atom. The zero-order chi connectivity index (χ0) is 26.7. The minimum atomic E-state index is -4.69. The second kappa shape index (κ2) is 10.9. The van der Waals surface area contributed by atoms with Crippen LogP contribution in [0.2, 0.25) is 5.02 Å². The van der Waals surface area contributed by atoms with Crippen LogP contribution in [0.4, 0.5) is 17.6 Å². The van der Waals surface area contributed by atoms with Crippen LogP contribution < -0.4 is 5.32 Å². The van der Waals surface area contributed by atoms with Gasteiger partial charge in [-0.25, -0.2) is 9.07 Å². The van der Waals surface area contributed by atoms with Gasteiger partial charge in [-0.2, -0.15) is 18.3 Å². The highest BCUT2D eigenvalue weighted by Gasteiger charge is 2.35. The van der Waals surface area contributed by atoms with Gasteiger partial charge < -0.3 is 15.0 Å². The number of hydrogen-bond acceptors (Lipinski definition) is 4. The molecule has 0 spiro atoms. The maximum absolute atomic E-state index is 14.8. The van der Waals surface area contributed by atoms with Crippen LogP contribution in [0.25, 0.3) is 5.69 Å². The summed E-state index contributed by atoms with van der Waals surface area (Å²) < 4.78 is 61.0. The Bertz CT molecular complexity index is 1310. The first-order chi connectivity index (χ1) is 17.5. The highest BCUT2D eigenvalue weighted by atomic mass is 35.5. The number of ether oxygens (including phenoxy) is 1. The van der Waals surface area contributed by atoms with Crippen LogP contribution in [-0.4, -0.2) is 52.8 Å². The summed E-state index contributed by atoms with van der Waals surface area (Å²) in [6.45, 7) is 2.74. The maximum Gasteiger partial charge on any atom is 0.435 e. The molecule has 0 bridgehead atoms. The second-order valence-corrected chi connectivity index (χ2v) is 8.93. The zero-order valence-electron chi connectivity index (χ0n) is 19.7. The first kappa shape index (κ1) is 26.6. The van der Waals surface area contributed by atoms with E-state index in [0.717, 1.165) is 16.8 Å². The number of carbonyl (C=O) groups is 2. The van der Waals surface area contributed by atoms with Crippen LogP contribution in [0, 0.1) is 5.82 Å². The molecule has 196 valence electrons. The van der Waals surface area contributed by atoms with E-state index in [9.17, 15) is 27.2 Å². The number of nitrogens with zero attached hydrogens (tertiary/aromatic N) is 3. The number of amides is 2. The molecule has 1 atom stereocenters. The number of nitrogens with one attached hydrogen (secondary N) is 1. The van der Waals surface area contributed by atoms with Gasteiger partial charge in [0.15, 0.2) is 5.69 Å². The summed E-state index contributed by atoms with van der Waals surface area (Å²) in [4.78, 5) is 26.9. The van der Waals surface area contributed by atoms with Gasteiger partial charge >= 0.3 is 6.18 Å². The van der Waals surface area contributed by atoms with Crippen molar-refractivity contribution in [1.82, 2.24) is 20.0 Å². The summed E-state index contributed by atoms with van der Waals surface area (Å²) in [5.41, 5.74) is -0.542. The summed E-state index contributed by atoms with van der Waals surface area (Å²) in [6, 6.07) is 10.9. The molecule has 1 N–H and O–H groups in total. The van der Waals surface area contributed by atoms with Gasteiger partial charge in [0.25, 0.3) is 5.91 Å². The van der Waals surface area contributed by atoms with Crippen LogP contribution in [-0.2, 0) is 22.3 Å². The fraction of sp³-hybridized carbons (Fsp3) is 0.320. The monoisotopic (exact) mass is 538 g/mol. The van der Waals surface area contributed by atoms with Gasteiger partial charge in [0, 0.05) is 18.1 Å². The third-order valence-corrected chi connectivity index (χ3v) is 6.22. The number of hydrogen-bond donors (Lipinski definition) is 1. The Balaban J connectivity index is 1.49. The summed E-state index contributed by atoms with van der Waals surface area (Å²) >= 11 is 5.98. The smallest absolute Gasteiger partial charge is 0.378 e.